The fraction of sp³-hybridized carbons (Fsp3) is 0.500. The van der Waals surface area contributed by atoms with E-state index >= 15 is 0 Å². The smallest absolute Gasteiger partial charge is 0.167 e. The first-order valence-electron chi connectivity index (χ1n) is 5.29. The van der Waals surface area contributed by atoms with E-state index in [0.717, 1.165) is 0 Å². The molecule has 1 rings (SSSR count). The van der Waals surface area contributed by atoms with Crippen LogP contribution < -0.4 is 10.1 Å². The van der Waals surface area contributed by atoms with E-state index in [4.69, 9.17) is 9.84 Å². The van der Waals surface area contributed by atoms with Gasteiger partial charge in [0.15, 0.2) is 11.6 Å². The number of ether oxygens (including phenoxy) is 1. The van der Waals surface area contributed by atoms with Gasteiger partial charge in [0.1, 0.15) is 0 Å². The zero-order valence-corrected chi connectivity index (χ0v) is 9.83. The fourth-order valence-electron chi connectivity index (χ4n) is 1.39. The van der Waals surface area contributed by atoms with Crippen LogP contribution in [0.25, 0.3) is 0 Å². The van der Waals surface area contributed by atoms with Crippen LogP contribution in [0.3, 0.4) is 0 Å². The van der Waals surface area contributed by atoms with Crippen molar-refractivity contribution in [3.05, 3.63) is 24.0 Å². The summed E-state index contributed by atoms with van der Waals surface area (Å²) in [5, 5.41) is 12.2. The van der Waals surface area contributed by atoms with Gasteiger partial charge >= 0.3 is 0 Å². The van der Waals surface area contributed by atoms with Crippen molar-refractivity contribution in [3.63, 3.8) is 0 Å². The van der Waals surface area contributed by atoms with E-state index in [2.05, 4.69) is 5.32 Å². The minimum atomic E-state index is -0.409. The van der Waals surface area contributed by atoms with Gasteiger partial charge in [0.05, 0.1) is 19.8 Å². The van der Waals surface area contributed by atoms with E-state index in [0.29, 0.717) is 5.69 Å². The summed E-state index contributed by atoms with van der Waals surface area (Å²) in [5.74, 6) is 0.0822. The highest BCUT2D eigenvalue weighted by atomic mass is 19.1. The quantitative estimate of drug-likeness (QED) is 0.810. The Morgan fingerprint density at radius 2 is 2.12 bits per heavy atom. The zero-order chi connectivity index (χ0) is 12.1. The molecule has 0 aliphatic rings. The van der Waals surface area contributed by atoms with Crippen LogP contribution in [0.15, 0.2) is 18.2 Å². The maximum atomic E-state index is 13.4. The van der Waals surface area contributed by atoms with Gasteiger partial charge in [0.25, 0.3) is 0 Å². The van der Waals surface area contributed by atoms with Gasteiger partial charge < -0.3 is 15.2 Å². The predicted octanol–water partition coefficient (Wildman–Crippen LogP) is 2.26. The maximum Gasteiger partial charge on any atom is 0.167 e. The summed E-state index contributed by atoms with van der Waals surface area (Å²) in [4.78, 5) is 0. The maximum absolute atomic E-state index is 13.4. The SMILES string of the molecule is COc1ccc(NC(CO)C(C)C)cc1F. The van der Waals surface area contributed by atoms with Crippen LogP contribution in [-0.2, 0) is 0 Å². The second-order valence-electron chi connectivity index (χ2n) is 4.03. The molecule has 1 unspecified atom stereocenters. The van der Waals surface area contributed by atoms with Gasteiger partial charge in [0.2, 0.25) is 0 Å². The normalized spacial score (nSPS) is 12.6. The average molecular weight is 227 g/mol. The van der Waals surface area contributed by atoms with E-state index in [1.54, 1.807) is 12.1 Å². The van der Waals surface area contributed by atoms with Crippen molar-refractivity contribution in [1.29, 1.82) is 0 Å². The Hall–Kier alpha value is -1.29. The molecule has 0 saturated carbocycles. The Kier molecular flexibility index (Phi) is 4.55. The van der Waals surface area contributed by atoms with Crippen LogP contribution in [0, 0.1) is 11.7 Å². The van der Waals surface area contributed by atoms with Gasteiger partial charge in [0, 0.05) is 11.8 Å². The number of aliphatic hydroxyl groups is 1. The molecule has 1 aromatic carbocycles. The standard InChI is InChI=1S/C12H18FNO2/c1-8(2)11(7-15)14-9-4-5-12(16-3)10(13)6-9/h4-6,8,11,14-15H,7H2,1-3H3. The molecule has 1 atom stereocenters. The molecular formula is C12H18FNO2. The van der Waals surface area contributed by atoms with E-state index in [-0.39, 0.29) is 24.3 Å². The summed E-state index contributed by atoms with van der Waals surface area (Å²) in [6.07, 6.45) is 0. The molecule has 0 heterocycles. The number of nitrogens with one attached hydrogen (secondary N) is 1. The molecule has 3 nitrogen and oxygen atoms in total. The molecule has 90 valence electrons. The first-order chi connectivity index (χ1) is 7.58. The van der Waals surface area contributed by atoms with E-state index in [9.17, 15) is 4.39 Å². The lowest BCUT2D eigenvalue weighted by molar-refractivity contribution is 0.249. The zero-order valence-electron chi connectivity index (χ0n) is 9.83. The van der Waals surface area contributed by atoms with Gasteiger partial charge in [-0.2, -0.15) is 0 Å². The Morgan fingerprint density at radius 3 is 2.56 bits per heavy atom. The lowest BCUT2D eigenvalue weighted by Crippen LogP contribution is -2.29. The molecule has 0 aliphatic heterocycles. The third-order valence-corrected chi connectivity index (χ3v) is 2.51. The molecule has 0 spiro atoms. The highest BCUT2D eigenvalue weighted by Gasteiger charge is 2.12. The number of rotatable bonds is 5. The van der Waals surface area contributed by atoms with Gasteiger partial charge in [-0.1, -0.05) is 13.8 Å². The van der Waals surface area contributed by atoms with Crippen molar-refractivity contribution in [2.45, 2.75) is 19.9 Å². The number of halogens is 1. The minimum absolute atomic E-state index is 0.0192. The van der Waals surface area contributed by atoms with Crippen molar-refractivity contribution in [1.82, 2.24) is 0 Å². The Bertz CT molecular complexity index is 342. The van der Waals surface area contributed by atoms with Crippen molar-refractivity contribution in [2.24, 2.45) is 5.92 Å². The monoisotopic (exact) mass is 227 g/mol. The summed E-state index contributed by atoms with van der Waals surface area (Å²) in [7, 11) is 1.43. The lowest BCUT2D eigenvalue weighted by atomic mass is 10.1. The van der Waals surface area contributed by atoms with Crippen LogP contribution in [0.4, 0.5) is 10.1 Å². The number of benzene rings is 1. The van der Waals surface area contributed by atoms with E-state index in [1.165, 1.54) is 13.2 Å². The first kappa shape index (κ1) is 12.8. The van der Waals surface area contributed by atoms with Crippen molar-refractivity contribution in [2.75, 3.05) is 19.0 Å². The third kappa shape index (κ3) is 3.10. The number of aliphatic hydroxyl groups excluding tert-OH is 1. The Balaban J connectivity index is 2.78. The van der Waals surface area contributed by atoms with Crippen molar-refractivity contribution >= 4 is 5.69 Å². The molecule has 1 aromatic rings. The van der Waals surface area contributed by atoms with E-state index in [1.807, 2.05) is 13.8 Å². The number of hydrogen-bond donors (Lipinski definition) is 2. The molecule has 4 heteroatoms. The number of methoxy groups -OCH3 is 1. The van der Waals surface area contributed by atoms with Crippen LogP contribution in [0.5, 0.6) is 5.75 Å². The summed E-state index contributed by atoms with van der Waals surface area (Å²) in [6, 6.07) is 4.58. The molecule has 0 bridgehead atoms. The largest absolute Gasteiger partial charge is 0.494 e. The van der Waals surface area contributed by atoms with Crippen LogP contribution in [0.2, 0.25) is 0 Å². The predicted molar refractivity (Wildman–Crippen MR) is 62.3 cm³/mol. The molecule has 0 aliphatic carbocycles. The van der Waals surface area contributed by atoms with Crippen molar-refractivity contribution in [3.8, 4) is 5.75 Å². The van der Waals surface area contributed by atoms with Gasteiger partial charge in [-0.15, -0.1) is 0 Å². The molecule has 0 radical (unpaired) electrons. The lowest BCUT2D eigenvalue weighted by Gasteiger charge is -2.21. The Morgan fingerprint density at radius 1 is 1.44 bits per heavy atom. The van der Waals surface area contributed by atoms with Crippen LogP contribution in [0.1, 0.15) is 13.8 Å². The summed E-state index contributed by atoms with van der Waals surface area (Å²) < 4.78 is 18.2. The van der Waals surface area contributed by atoms with Crippen LogP contribution >= 0.6 is 0 Å². The first-order valence-corrected chi connectivity index (χ1v) is 5.29. The topological polar surface area (TPSA) is 41.5 Å². The molecule has 2 N–H and O–H groups in total. The Labute approximate surface area is 95.2 Å². The molecular weight excluding hydrogens is 209 g/mol. The van der Waals surface area contributed by atoms with Crippen molar-refractivity contribution < 1.29 is 14.2 Å². The van der Waals surface area contributed by atoms with Gasteiger partial charge in [-0.25, -0.2) is 4.39 Å². The number of hydrogen-bond acceptors (Lipinski definition) is 3. The minimum Gasteiger partial charge on any atom is -0.494 e. The number of anilines is 1. The second kappa shape index (κ2) is 5.70. The van der Waals surface area contributed by atoms with Crippen LogP contribution in [-0.4, -0.2) is 24.9 Å². The van der Waals surface area contributed by atoms with E-state index < -0.39 is 5.82 Å². The van der Waals surface area contributed by atoms with Gasteiger partial charge in [-0.3, -0.25) is 0 Å². The fourth-order valence-corrected chi connectivity index (χ4v) is 1.39. The molecule has 0 fully saturated rings. The molecule has 0 aromatic heterocycles. The average Bonchev–Trinajstić information content (AvgIpc) is 2.25. The molecule has 16 heavy (non-hydrogen) atoms. The van der Waals surface area contributed by atoms with Gasteiger partial charge in [-0.05, 0) is 18.1 Å². The second-order valence-corrected chi connectivity index (χ2v) is 4.03. The highest BCUT2D eigenvalue weighted by molar-refractivity contribution is 5.48. The molecule has 0 saturated heterocycles. The highest BCUT2D eigenvalue weighted by Crippen LogP contribution is 2.21. The summed E-state index contributed by atoms with van der Waals surface area (Å²) >= 11 is 0. The molecule has 0 amide bonds. The summed E-state index contributed by atoms with van der Waals surface area (Å²) in [6.45, 7) is 4.01. The third-order valence-electron chi connectivity index (χ3n) is 2.51. The summed E-state index contributed by atoms with van der Waals surface area (Å²) in [5.41, 5.74) is 0.644.